The van der Waals surface area contributed by atoms with Crippen LogP contribution in [0.15, 0.2) is 0 Å². The Morgan fingerprint density at radius 3 is 2.40 bits per heavy atom. The molecule has 1 amide bonds. The summed E-state index contributed by atoms with van der Waals surface area (Å²) in [6.45, 7) is 2.19. The predicted octanol–water partition coefficient (Wildman–Crippen LogP) is 1.21. The van der Waals surface area contributed by atoms with Crippen molar-refractivity contribution in [3.05, 3.63) is 0 Å². The van der Waals surface area contributed by atoms with E-state index in [1.54, 1.807) is 0 Å². The minimum atomic E-state index is -3.65. The first-order valence-electron chi connectivity index (χ1n) is 9.19. The molecule has 3 fully saturated rings. The Bertz CT molecular complexity index is 627. The number of fused-ring (bicyclic) bond motifs is 1. The van der Waals surface area contributed by atoms with Gasteiger partial charge in [0.2, 0.25) is 5.91 Å². The lowest BCUT2D eigenvalue weighted by molar-refractivity contribution is -0.149. The first-order chi connectivity index (χ1) is 11.8. The minimum Gasteiger partial charge on any atom is -0.480 e. The zero-order chi connectivity index (χ0) is 18.2. The van der Waals surface area contributed by atoms with E-state index in [0.29, 0.717) is 32.5 Å². The van der Waals surface area contributed by atoms with Crippen LogP contribution in [-0.2, 0) is 24.2 Å². The molecule has 1 N–H and O–H groups in total. The topological polar surface area (TPSA) is 101 Å². The van der Waals surface area contributed by atoms with Gasteiger partial charge in [-0.25, -0.2) is 13.2 Å². The highest BCUT2D eigenvalue weighted by Gasteiger charge is 2.50. The minimum absolute atomic E-state index is 0.130. The molecule has 1 saturated carbocycles. The predicted molar refractivity (Wildman–Crippen MR) is 90.9 cm³/mol. The van der Waals surface area contributed by atoms with Gasteiger partial charge in [0.05, 0.1) is 5.25 Å². The van der Waals surface area contributed by atoms with E-state index in [-0.39, 0.29) is 12.0 Å². The molecule has 3 rings (SSSR count). The maximum atomic E-state index is 13.1. The van der Waals surface area contributed by atoms with E-state index in [4.69, 9.17) is 4.74 Å². The second-order valence-electron chi connectivity index (χ2n) is 7.49. The highest BCUT2D eigenvalue weighted by atomic mass is 32.2. The highest BCUT2D eigenvalue weighted by Crippen LogP contribution is 2.40. The normalized spacial score (nSPS) is 32.2. The average Bonchev–Trinajstić information content (AvgIpc) is 3.01. The summed E-state index contributed by atoms with van der Waals surface area (Å²) in [5, 5.41) is 7.78. The second-order valence-corrected chi connectivity index (χ2v) is 10.0. The van der Waals surface area contributed by atoms with Crippen LogP contribution in [0.5, 0.6) is 0 Å². The van der Waals surface area contributed by atoms with Crippen LogP contribution in [0.1, 0.15) is 51.9 Å². The molecule has 0 aromatic rings. The number of aliphatic carboxylic acids is 1. The molecule has 0 radical (unpaired) electrons. The van der Waals surface area contributed by atoms with E-state index in [9.17, 15) is 23.1 Å². The van der Waals surface area contributed by atoms with Crippen molar-refractivity contribution in [2.75, 3.05) is 13.2 Å². The third-order valence-electron chi connectivity index (χ3n) is 6.10. The lowest BCUT2D eigenvalue weighted by atomic mass is 9.84. The van der Waals surface area contributed by atoms with E-state index in [0.717, 1.165) is 25.7 Å². The second kappa shape index (κ2) is 7.23. The average molecular weight is 373 g/mol. The Labute approximate surface area is 148 Å². The Balaban J connectivity index is 1.82. The summed E-state index contributed by atoms with van der Waals surface area (Å²) in [4.78, 5) is 26.1. The number of carboxylic acid groups (broad SMARTS) is 1. The summed E-state index contributed by atoms with van der Waals surface area (Å²) >= 11 is 0. The maximum Gasteiger partial charge on any atom is 0.326 e. The van der Waals surface area contributed by atoms with Crippen molar-refractivity contribution in [1.82, 2.24) is 4.90 Å². The van der Waals surface area contributed by atoms with Crippen molar-refractivity contribution in [3.63, 3.8) is 0 Å². The van der Waals surface area contributed by atoms with Crippen molar-refractivity contribution in [1.29, 1.82) is 0 Å². The smallest absolute Gasteiger partial charge is 0.326 e. The van der Waals surface area contributed by atoms with Gasteiger partial charge in [-0.3, -0.25) is 4.79 Å². The molecule has 2 heterocycles. The van der Waals surface area contributed by atoms with Gasteiger partial charge in [0, 0.05) is 19.3 Å². The van der Waals surface area contributed by atoms with Gasteiger partial charge in [0.1, 0.15) is 11.3 Å². The van der Waals surface area contributed by atoms with E-state index in [2.05, 4.69) is 0 Å². The Morgan fingerprint density at radius 2 is 1.76 bits per heavy atom. The third kappa shape index (κ3) is 3.43. The number of carboxylic acids is 1. The summed E-state index contributed by atoms with van der Waals surface area (Å²) in [5.74, 6) is -1.39. The van der Waals surface area contributed by atoms with E-state index >= 15 is 0 Å². The van der Waals surface area contributed by atoms with Crippen LogP contribution in [0.2, 0.25) is 0 Å². The van der Waals surface area contributed by atoms with Crippen LogP contribution in [-0.4, -0.2) is 66.1 Å². The van der Waals surface area contributed by atoms with Crippen molar-refractivity contribution in [3.8, 4) is 0 Å². The molecule has 0 bridgehead atoms. The maximum absolute atomic E-state index is 13.1. The molecular formula is C17H27NO6S. The Hall–Kier alpha value is -1.15. The Morgan fingerprint density at radius 1 is 1.12 bits per heavy atom. The number of sulfone groups is 1. The molecule has 7 nitrogen and oxygen atoms in total. The number of hydrogen-bond donors (Lipinski definition) is 1. The number of ether oxygens (including phenoxy) is 1. The first-order valence-corrected chi connectivity index (χ1v) is 10.8. The first kappa shape index (κ1) is 18.6. The van der Waals surface area contributed by atoms with Gasteiger partial charge in [-0.2, -0.15) is 0 Å². The number of carbonyl (C=O) groups is 2. The number of rotatable bonds is 4. The fourth-order valence-corrected chi connectivity index (χ4v) is 6.47. The summed E-state index contributed by atoms with van der Waals surface area (Å²) in [7, 11) is -3.65. The zero-order valence-electron chi connectivity index (χ0n) is 14.6. The highest BCUT2D eigenvalue weighted by molar-refractivity contribution is 7.93. The van der Waals surface area contributed by atoms with Gasteiger partial charge >= 0.3 is 5.97 Å². The molecule has 0 aromatic heterocycles. The summed E-state index contributed by atoms with van der Waals surface area (Å²) in [6, 6.07) is -1.03. The molecule has 4 atom stereocenters. The van der Waals surface area contributed by atoms with Gasteiger partial charge < -0.3 is 14.7 Å². The summed E-state index contributed by atoms with van der Waals surface area (Å²) in [5.41, 5.74) is 0. The van der Waals surface area contributed by atoms with Gasteiger partial charge in [-0.15, -0.1) is 0 Å². The van der Waals surface area contributed by atoms with Gasteiger partial charge in [-0.05, 0) is 44.9 Å². The number of nitrogens with zero attached hydrogens (tertiary/aromatic N) is 1. The van der Waals surface area contributed by atoms with Crippen molar-refractivity contribution in [2.24, 2.45) is 5.92 Å². The van der Waals surface area contributed by atoms with Gasteiger partial charge in [0.15, 0.2) is 9.84 Å². The third-order valence-corrected chi connectivity index (χ3v) is 8.69. The monoisotopic (exact) mass is 373 g/mol. The number of carbonyl (C=O) groups excluding carboxylic acids is 1. The SMILES string of the molecule is CC(C(=O)N1C(C(=O)O)CC2CCCCC21)S(=O)(=O)C1CCOCC1. The molecule has 2 aliphatic heterocycles. The summed E-state index contributed by atoms with van der Waals surface area (Å²) < 4.78 is 31.0. The van der Waals surface area contributed by atoms with E-state index < -0.39 is 38.3 Å². The van der Waals surface area contributed by atoms with Crippen molar-refractivity contribution in [2.45, 2.75) is 74.5 Å². The van der Waals surface area contributed by atoms with Gasteiger partial charge in [-0.1, -0.05) is 12.8 Å². The quantitative estimate of drug-likeness (QED) is 0.795. The zero-order valence-corrected chi connectivity index (χ0v) is 15.4. The largest absolute Gasteiger partial charge is 0.480 e. The molecule has 4 unspecified atom stereocenters. The lowest BCUT2D eigenvalue weighted by Crippen LogP contribution is -2.52. The van der Waals surface area contributed by atoms with E-state index in [1.165, 1.54) is 11.8 Å². The molecule has 1 aliphatic carbocycles. The van der Waals surface area contributed by atoms with Crippen LogP contribution in [0.25, 0.3) is 0 Å². The van der Waals surface area contributed by atoms with Crippen LogP contribution in [0.3, 0.4) is 0 Å². The molecule has 0 aromatic carbocycles. The molecule has 0 spiro atoms. The van der Waals surface area contributed by atoms with Crippen LogP contribution < -0.4 is 0 Å². The molecule has 8 heteroatoms. The van der Waals surface area contributed by atoms with Crippen molar-refractivity contribution < 1.29 is 27.9 Å². The number of amides is 1. The number of likely N-dealkylation sites (tertiary alicyclic amines) is 1. The molecule has 142 valence electrons. The standard InChI is InChI=1S/C17H27NO6S/c1-11(25(22,23)13-6-8-24-9-7-13)16(19)18-14-5-3-2-4-12(14)10-15(18)17(20)21/h11-15H,2-10H2,1H3,(H,20,21). The molecule has 3 aliphatic rings. The lowest BCUT2D eigenvalue weighted by Gasteiger charge is -2.35. The Kier molecular flexibility index (Phi) is 5.39. The van der Waals surface area contributed by atoms with Gasteiger partial charge in [0.25, 0.3) is 0 Å². The van der Waals surface area contributed by atoms with Crippen LogP contribution in [0, 0.1) is 5.92 Å². The fraction of sp³-hybridized carbons (Fsp3) is 0.882. The van der Waals surface area contributed by atoms with Crippen LogP contribution >= 0.6 is 0 Å². The van der Waals surface area contributed by atoms with Crippen LogP contribution in [0.4, 0.5) is 0 Å². The molecular weight excluding hydrogens is 346 g/mol. The molecule has 25 heavy (non-hydrogen) atoms. The fourth-order valence-electron chi connectivity index (χ4n) is 4.64. The number of hydrogen-bond acceptors (Lipinski definition) is 5. The van der Waals surface area contributed by atoms with Crippen molar-refractivity contribution >= 4 is 21.7 Å². The molecule has 2 saturated heterocycles. The summed E-state index contributed by atoms with van der Waals surface area (Å²) in [6.07, 6.45) is 4.92. The van der Waals surface area contributed by atoms with E-state index in [1.807, 2.05) is 0 Å².